The molecule has 0 spiro atoms. The number of rotatable bonds is 6. The average Bonchev–Trinajstić information content (AvgIpc) is 3.33. The van der Waals surface area contributed by atoms with Crippen LogP contribution in [0.5, 0.6) is 0 Å². The lowest BCUT2D eigenvalue weighted by Crippen LogP contribution is -2.15. The highest BCUT2D eigenvalue weighted by molar-refractivity contribution is 5.98. The molecule has 0 saturated heterocycles. The summed E-state index contributed by atoms with van der Waals surface area (Å²) in [5.41, 5.74) is 3.19. The van der Waals surface area contributed by atoms with E-state index in [1.165, 1.54) is 11.0 Å². The Kier molecular flexibility index (Phi) is 5.65. The van der Waals surface area contributed by atoms with Gasteiger partial charge < -0.3 is 9.47 Å². The molecule has 0 aliphatic rings. The van der Waals surface area contributed by atoms with Crippen molar-refractivity contribution in [2.45, 2.75) is 20.5 Å². The van der Waals surface area contributed by atoms with Crippen molar-refractivity contribution < 1.29 is 19.1 Å². The number of aryl methyl sites for hydroxylation is 1. The summed E-state index contributed by atoms with van der Waals surface area (Å²) in [7, 11) is 0. The molecule has 0 bridgehead atoms. The molecule has 2 heterocycles. The number of carbonyl (C=O) groups is 2. The summed E-state index contributed by atoms with van der Waals surface area (Å²) in [6, 6.07) is 14.1. The molecule has 0 atom stereocenters. The first-order valence-corrected chi connectivity index (χ1v) is 9.64. The van der Waals surface area contributed by atoms with Gasteiger partial charge in [-0.25, -0.2) is 19.3 Å². The topological polar surface area (TPSA) is 109 Å². The summed E-state index contributed by atoms with van der Waals surface area (Å²) in [6.07, 6.45) is 1.46. The maximum Gasteiger partial charge on any atom is 0.340 e. The van der Waals surface area contributed by atoms with Gasteiger partial charge >= 0.3 is 11.9 Å². The number of ether oxygens (including phenoxy) is 2. The van der Waals surface area contributed by atoms with Crippen LogP contribution in [0.25, 0.3) is 16.6 Å². The van der Waals surface area contributed by atoms with Crippen LogP contribution in [-0.4, -0.2) is 43.7 Å². The molecular weight excluding hydrogens is 398 g/mol. The van der Waals surface area contributed by atoms with Crippen LogP contribution in [0.2, 0.25) is 0 Å². The van der Waals surface area contributed by atoms with Crippen molar-refractivity contribution in [1.82, 2.24) is 25.2 Å². The van der Waals surface area contributed by atoms with E-state index in [-0.39, 0.29) is 13.2 Å². The zero-order chi connectivity index (χ0) is 21.8. The third-order valence-corrected chi connectivity index (χ3v) is 4.76. The first-order valence-electron chi connectivity index (χ1n) is 9.64. The number of benzene rings is 2. The molecule has 9 nitrogen and oxygen atoms in total. The second-order valence-electron chi connectivity index (χ2n) is 6.67. The number of esters is 2. The normalized spacial score (nSPS) is 10.8. The Hall–Kier alpha value is -4.14. The van der Waals surface area contributed by atoms with E-state index in [2.05, 4.69) is 20.5 Å². The first-order chi connectivity index (χ1) is 15.1. The van der Waals surface area contributed by atoms with Crippen molar-refractivity contribution in [3.05, 3.63) is 77.2 Å². The van der Waals surface area contributed by atoms with Crippen molar-refractivity contribution in [3.63, 3.8) is 0 Å². The molecule has 31 heavy (non-hydrogen) atoms. The second-order valence-corrected chi connectivity index (χ2v) is 6.67. The molecular formula is C22H19N5O4. The van der Waals surface area contributed by atoms with E-state index in [0.29, 0.717) is 28.0 Å². The molecule has 0 radical (unpaired) electrons. The van der Waals surface area contributed by atoms with E-state index in [9.17, 15) is 9.59 Å². The summed E-state index contributed by atoms with van der Waals surface area (Å²) in [5, 5.41) is 11.8. The lowest BCUT2D eigenvalue weighted by molar-refractivity contribution is 0.0444. The third-order valence-electron chi connectivity index (χ3n) is 4.76. The molecule has 0 aliphatic carbocycles. The number of tetrazole rings is 1. The quantitative estimate of drug-likeness (QED) is 0.440. The zero-order valence-corrected chi connectivity index (χ0v) is 17.0. The number of pyridine rings is 1. The Bertz CT molecular complexity index is 1240. The fraction of sp³-hybridized carbons (Fsp3) is 0.182. The van der Waals surface area contributed by atoms with Crippen LogP contribution in [0.3, 0.4) is 0 Å². The smallest absolute Gasteiger partial charge is 0.340 e. The maximum absolute atomic E-state index is 12.6. The molecule has 2 aromatic heterocycles. The number of hydrogen-bond donors (Lipinski definition) is 0. The van der Waals surface area contributed by atoms with Crippen molar-refractivity contribution in [1.29, 1.82) is 0 Å². The van der Waals surface area contributed by atoms with Gasteiger partial charge in [0.1, 0.15) is 12.9 Å². The highest BCUT2D eigenvalue weighted by atomic mass is 16.5. The van der Waals surface area contributed by atoms with Gasteiger partial charge in [0.25, 0.3) is 0 Å². The van der Waals surface area contributed by atoms with Gasteiger partial charge in [0.05, 0.1) is 34.6 Å². The van der Waals surface area contributed by atoms with Gasteiger partial charge in [-0.15, -0.1) is 5.10 Å². The van der Waals surface area contributed by atoms with Gasteiger partial charge in [-0.3, -0.25) is 0 Å². The van der Waals surface area contributed by atoms with E-state index < -0.39 is 11.9 Å². The largest absolute Gasteiger partial charge is 0.462 e. The van der Waals surface area contributed by atoms with Crippen LogP contribution in [0.1, 0.15) is 38.9 Å². The zero-order valence-electron chi connectivity index (χ0n) is 17.0. The van der Waals surface area contributed by atoms with Crippen LogP contribution in [0.15, 0.2) is 54.9 Å². The molecule has 0 aliphatic heterocycles. The molecule has 0 fully saturated rings. The number of fused-ring (bicyclic) bond motifs is 1. The standard InChI is InChI=1S/C22H19N5O4/c1-3-30-22(29)20-14(2)17-6-4-5-7-18(17)24-19(20)12-31-21(28)15-8-10-16(11-9-15)27-13-23-25-26-27/h4-11,13H,3,12H2,1-2H3. The highest BCUT2D eigenvalue weighted by Gasteiger charge is 2.21. The number of hydrogen-bond acceptors (Lipinski definition) is 8. The van der Waals surface area contributed by atoms with Crippen molar-refractivity contribution in [2.75, 3.05) is 6.61 Å². The van der Waals surface area contributed by atoms with E-state index >= 15 is 0 Å². The molecule has 0 saturated carbocycles. The predicted molar refractivity (Wildman–Crippen MR) is 111 cm³/mol. The van der Waals surface area contributed by atoms with E-state index in [1.54, 1.807) is 31.2 Å². The van der Waals surface area contributed by atoms with Gasteiger partial charge in [0.2, 0.25) is 0 Å². The van der Waals surface area contributed by atoms with Gasteiger partial charge in [0, 0.05) is 5.39 Å². The monoisotopic (exact) mass is 417 g/mol. The molecule has 0 N–H and O–H groups in total. The summed E-state index contributed by atoms with van der Waals surface area (Å²) < 4.78 is 12.1. The van der Waals surface area contributed by atoms with Crippen molar-refractivity contribution in [2.24, 2.45) is 0 Å². The Labute approximate surface area is 177 Å². The lowest BCUT2D eigenvalue weighted by atomic mass is 10.0. The minimum absolute atomic E-state index is 0.159. The average molecular weight is 417 g/mol. The van der Waals surface area contributed by atoms with Crippen LogP contribution in [0, 0.1) is 6.92 Å². The fourth-order valence-electron chi connectivity index (χ4n) is 3.27. The molecule has 156 valence electrons. The first kappa shape index (κ1) is 20.1. The second kappa shape index (κ2) is 8.70. The van der Waals surface area contributed by atoms with Gasteiger partial charge in [0.15, 0.2) is 0 Å². The lowest BCUT2D eigenvalue weighted by Gasteiger charge is -2.14. The third kappa shape index (κ3) is 4.11. The summed E-state index contributed by atoms with van der Waals surface area (Å²) in [6.45, 7) is 3.64. The van der Waals surface area contributed by atoms with Crippen LogP contribution in [0.4, 0.5) is 0 Å². The van der Waals surface area contributed by atoms with Gasteiger partial charge in [-0.2, -0.15) is 0 Å². The predicted octanol–water partition coefficient (Wildman–Crippen LogP) is 3.05. The minimum atomic E-state index is -0.536. The van der Waals surface area contributed by atoms with Crippen LogP contribution < -0.4 is 0 Å². The Morgan fingerprint density at radius 3 is 2.48 bits per heavy atom. The molecule has 4 rings (SSSR count). The van der Waals surface area contributed by atoms with Crippen molar-refractivity contribution in [3.8, 4) is 5.69 Å². The van der Waals surface area contributed by atoms with Crippen LogP contribution in [-0.2, 0) is 16.1 Å². The Morgan fingerprint density at radius 2 is 1.77 bits per heavy atom. The number of nitrogens with zero attached hydrogens (tertiary/aromatic N) is 5. The summed E-state index contributed by atoms with van der Waals surface area (Å²) >= 11 is 0. The number of para-hydroxylation sites is 1. The minimum Gasteiger partial charge on any atom is -0.462 e. The molecule has 0 amide bonds. The molecule has 0 unspecified atom stereocenters. The van der Waals surface area contributed by atoms with Crippen molar-refractivity contribution >= 4 is 22.8 Å². The van der Waals surface area contributed by atoms with E-state index in [1.807, 2.05) is 31.2 Å². The van der Waals surface area contributed by atoms with Gasteiger partial charge in [-0.05, 0) is 60.2 Å². The Balaban J connectivity index is 1.58. The highest BCUT2D eigenvalue weighted by Crippen LogP contribution is 2.24. The molecule has 9 heteroatoms. The Morgan fingerprint density at radius 1 is 1.00 bits per heavy atom. The molecule has 4 aromatic rings. The maximum atomic E-state index is 12.6. The number of carbonyl (C=O) groups excluding carboxylic acids is 2. The summed E-state index contributed by atoms with van der Waals surface area (Å²) in [5.74, 6) is -1.03. The summed E-state index contributed by atoms with van der Waals surface area (Å²) in [4.78, 5) is 29.7. The van der Waals surface area contributed by atoms with E-state index in [4.69, 9.17) is 9.47 Å². The van der Waals surface area contributed by atoms with E-state index in [0.717, 1.165) is 10.9 Å². The van der Waals surface area contributed by atoms with Gasteiger partial charge in [-0.1, -0.05) is 18.2 Å². The van der Waals surface area contributed by atoms with Crippen LogP contribution >= 0.6 is 0 Å². The SMILES string of the molecule is CCOC(=O)c1c(COC(=O)c2ccc(-n3cnnn3)cc2)nc2ccccc2c1C. The number of aromatic nitrogens is 5. The molecule has 2 aromatic carbocycles. The fourth-order valence-corrected chi connectivity index (χ4v) is 3.27.